The number of rotatable bonds is 5. The molecule has 1 aromatic carbocycles. The molecule has 2 unspecified atom stereocenters. The molecule has 0 amide bonds. The van der Waals surface area contributed by atoms with Gasteiger partial charge in [-0.05, 0) is 11.6 Å². The first-order chi connectivity index (χ1) is 9.80. The number of fused-ring (bicyclic) bond motifs is 1. The quantitative estimate of drug-likeness (QED) is 0.884. The number of para-hydroxylation sites is 1. The molecule has 0 spiro atoms. The Hall–Kier alpha value is -1.92. The van der Waals surface area contributed by atoms with E-state index in [4.69, 9.17) is 19.7 Å². The average Bonchev–Trinajstić information content (AvgIpc) is 3.10. The Morgan fingerprint density at radius 3 is 3.05 bits per heavy atom. The molecule has 0 aliphatic carbocycles. The predicted octanol–water partition coefficient (Wildman–Crippen LogP) is 1.26. The number of methoxy groups -OCH3 is 1. The minimum Gasteiger partial charge on any atom is -0.482 e. The van der Waals surface area contributed by atoms with Gasteiger partial charge in [0.1, 0.15) is 5.75 Å². The van der Waals surface area contributed by atoms with E-state index in [0.717, 1.165) is 12.2 Å². The lowest BCUT2D eigenvalue weighted by atomic mass is 10.1. The van der Waals surface area contributed by atoms with Crippen LogP contribution in [-0.4, -0.2) is 29.9 Å². The van der Waals surface area contributed by atoms with E-state index in [1.165, 1.54) is 5.56 Å². The second-order valence-corrected chi connectivity index (χ2v) is 4.76. The molecule has 106 valence electrons. The fourth-order valence-electron chi connectivity index (χ4n) is 2.27. The molecule has 0 saturated carbocycles. The third-order valence-corrected chi connectivity index (χ3v) is 3.42. The fourth-order valence-corrected chi connectivity index (χ4v) is 2.27. The summed E-state index contributed by atoms with van der Waals surface area (Å²) in [6, 6.07) is 7.95. The largest absolute Gasteiger partial charge is 0.482 e. The highest BCUT2D eigenvalue weighted by molar-refractivity contribution is 5.37. The first-order valence-electron chi connectivity index (χ1n) is 6.60. The molecule has 6 heteroatoms. The van der Waals surface area contributed by atoms with Crippen molar-refractivity contribution < 1.29 is 14.0 Å². The molecule has 0 saturated heterocycles. The van der Waals surface area contributed by atoms with Gasteiger partial charge < -0.3 is 19.7 Å². The Bertz CT molecular complexity index is 556. The van der Waals surface area contributed by atoms with Gasteiger partial charge in [-0.3, -0.25) is 0 Å². The molecule has 20 heavy (non-hydrogen) atoms. The molecule has 2 aromatic rings. The smallest absolute Gasteiger partial charge is 0.229 e. The maximum absolute atomic E-state index is 5.82. The van der Waals surface area contributed by atoms with Crippen molar-refractivity contribution in [3.05, 3.63) is 41.5 Å². The van der Waals surface area contributed by atoms with E-state index in [2.05, 4.69) is 10.1 Å². The zero-order valence-electron chi connectivity index (χ0n) is 11.3. The summed E-state index contributed by atoms with van der Waals surface area (Å²) in [6.07, 6.45) is 0.994. The minimum absolute atomic E-state index is 0.106. The lowest BCUT2D eigenvalue weighted by Gasteiger charge is -2.08. The van der Waals surface area contributed by atoms with Crippen LogP contribution in [0.2, 0.25) is 0 Å². The lowest BCUT2D eigenvalue weighted by molar-refractivity contribution is 0.102. The van der Waals surface area contributed by atoms with Crippen LogP contribution in [0.1, 0.15) is 23.4 Å². The van der Waals surface area contributed by atoms with Gasteiger partial charge in [0.15, 0.2) is 6.10 Å². The van der Waals surface area contributed by atoms with Crippen LogP contribution in [0.3, 0.4) is 0 Å². The average molecular weight is 275 g/mol. The topological polar surface area (TPSA) is 83.4 Å². The molecule has 6 nitrogen and oxygen atoms in total. The van der Waals surface area contributed by atoms with Crippen LogP contribution in [-0.2, 0) is 17.6 Å². The Kier molecular flexibility index (Phi) is 3.66. The molecule has 2 N–H and O–H groups in total. The molecule has 0 fully saturated rings. The van der Waals surface area contributed by atoms with E-state index in [1.807, 2.05) is 24.3 Å². The summed E-state index contributed by atoms with van der Waals surface area (Å²) in [4.78, 5) is 4.37. The maximum atomic E-state index is 5.82. The summed E-state index contributed by atoms with van der Waals surface area (Å²) in [5, 5.41) is 4.00. The van der Waals surface area contributed by atoms with Crippen LogP contribution in [0.15, 0.2) is 28.8 Å². The van der Waals surface area contributed by atoms with Gasteiger partial charge in [0.25, 0.3) is 0 Å². The fraction of sp³-hybridized carbons (Fsp3) is 0.429. The molecule has 2 atom stereocenters. The van der Waals surface area contributed by atoms with E-state index < -0.39 is 0 Å². The van der Waals surface area contributed by atoms with E-state index >= 15 is 0 Å². The van der Waals surface area contributed by atoms with Gasteiger partial charge in [-0.25, -0.2) is 0 Å². The lowest BCUT2D eigenvalue weighted by Crippen LogP contribution is -2.24. The van der Waals surface area contributed by atoms with Crippen molar-refractivity contribution in [2.75, 3.05) is 13.7 Å². The standard InChI is InChI=1S/C14H17N3O3/c1-18-10(8-15)7-13-16-14(17-20-13)12-6-9-4-2-3-5-11(9)19-12/h2-5,10,12H,6-8,15H2,1H3. The molecule has 1 aliphatic heterocycles. The number of benzene rings is 1. The van der Waals surface area contributed by atoms with Crippen molar-refractivity contribution in [1.82, 2.24) is 10.1 Å². The van der Waals surface area contributed by atoms with Crippen LogP contribution in [0.4, 0.5) is 0 Å². The molecule has 2 heterocycles. The third-order valence-electron chi connectivity index (χ3n) is 3.42. The Balaban J connectivity index is 1.70. The minimum atomic E-state index is -0.177. The molecular weight excluding hydrogens is 258 g/mol. The van der Waals surface area contributed by atoms with Gasteiger partial charge in [-0.2, -0.15) is 4.98 Å². The van der Waals surface area contributed by atoms with Crippen molar-refractivity contribution in [3.63, 3.8) is 0 Å². The van der Waals surface area contributed by atoms with Gasteiger partial charge in [-0.15, -0.1) is 0 Å². The van der Waals surface area contributed by atoms with Crippen LogP contribution in [0.5, 0.6) is 5.75 Å². The number of aromatic nitrogens is 2. The predicted molar refractivity (Wildman–Crippen MR) is 71.4 cm³/mol. The summed E-state index contributed by atoms with van der Waals surface area (Å²) >= 11 is 0. The number of hydrogen-bond donors (Lipinski definition) is 1. The highest BCUT2D eigenvalue weighted by Gasteiger charge is 2.28. The van der Waals surface area contributed by atoms with Crippen LogP contribution < -0.4 is 10.5 Å². The van der Waals surface area contributed by atoms with Crippen molar-refractivity contribution in [1.29, 1.82) is 0 Å². The molecule has 1 aromatic heterocycles. The summed E-state index contributed by atoms with van der Waals surface area (Å²) in [7, 11) is 1.62. The van der Waals surface area contributed by atoms with Crippen LogP contribution in [0.25, 0.3) is 0 Å². The number of nitrogens with two attached hydrogens (primary N) is 1. The number of nitrogens with zero attached hydrogens (tertiary/aromatic N) is 2. The summed E-state index contributed by atoms with van der Waals surface area (Å²) in [5.41, 5.74) is 6.75. The third kappa shape index (κ3) is 2.52. The van der Waals surface area contributed by atoms with Crippen molar-refractivity contribution in [2.24, 2.45) is 5.73 Å². The Morgan fingerprint density at radius 1 is 1.45 bits per heavy atom. The molecule has 0 radical (unpaired) electrons. The van der Waals surface area contributed by atoms with Crippen molar-refractivity contribution >= 4 is 0 Å². The van der Waals surface area contributed by atoms with E-state index in [9.17, 15) is 0 Å². The van der Waals surface area contributed by atoms with Gasteiger partial charge in [0.2, 0.25) is 11.7 Å². The highest BCUT2D eigenvalue weighted by Crippen LogP contribution is 2.35. The number of hydrogen-bond acceptors (Lipinski definition) is 6. The van der Waals surface area contributed by atoms with Crippen molar-refractivity contribution in [3.8, 4) is 5.75 Å². The van der Waals surface area contributed by atoms with Gasteiger partial charge in [0.05, 0.1) is 12.5 Å². The molecule has 0 bridgehead atoms. The second-order valence-electron chi connectivity index (χ2n) is 4.76. The zero-order chi connectivity index (χ0) is 13.9. The molecule has 1 aliphatic rings. The van der Waals surface area contributed by atoms with Crippen molar-refractivity contribution in [2.45, 2.75) is 25.0 Å². The Morgan fingerprint density at radius 2 is 2.30 bits per heavy atom. The second kappa shape index (κ2) is 5.60. The maximum Gasteiger partial charge on any atom is 0.229 e. The normalized spacial score (nSPS) is 18.6. The van der Waals surface area contributed by atoms with Gasteiger partial charge >= 0.3 is 0 Å². The first kappa shape index (κ1) is 13.1. The SMILES string of the molecule is COC(CN)Cc1nc(C2Cc3ccccc3O2)no1. The highest BCUT2D eigenvalue weighted by atomic mass is 16.5. The molecular formula is C14H17N3O3. The summed E-state index contributed by atoms with van der Waals surface area (Å²) < 4.78 is 16.3. The zero-order valence-corrected chi connectivity index (χ0v) is 11.3. The van der Waals surface area contributed by atoms with E-state index in [-0.39, 0.29) is 12.2 Å². The van der Waals surface area contributed by atoms with E-state index in [1.54, 1.807) is 7.11 Å². The summed E-state index contributed by atoms with van der Waals surface area (Å²) in [6.45, 7) is 0.416. The monoisotopic (exact) mass is 275 g/mol. The molecule has 3 rings (SSSR count). The van der Waals surface area contributed by atoms with Gasteiger partial charge in [0, 0.05) is 20.1 Å². The van der Waals surface area contributed by atoms with Crippen LogP contribution in [0, 0.1) is 0 Å². The first-order valence-corrected chi connectivity index (χ1v) is 6.60. The number of ether oxygens (including phenoxy) is 2. The van der Waals surface area contributed by atoms with Gasteiger partial charge in [-0.1, -0.05) is 23.4 Å². The van der Waals surface area contributed by atoms with Crippen LogP contribution >= 0.6 is 0 Å². The Labute approximate surface area is 116 Å². The summed E-state index contributed by atoms with van der Waals surface area (Å²) in [5.74, 6) is 1.99. The van der Waals surface area contributed by atoms with E-state index in [0.29, 0.717) is 24.7 Å².